The fourth-order valence-corrected chi connectivity index (χ4v) is 2.25. The van der Waals surface area contributed by atoms with Crippen molar-refractivity contribution in [2.24, 2.45) is 5.10 Å². The van der Waals surface area contributed by atoms with E-state index in [0.717, 1.165) is 0 Å². The molecule has 0 amide bonds. The molecule has 1 saturated heterocycles. The molecular weight excluding hydrogens is 262 g/mol. The summed E-state index contributed by atoms with van der Waals surface area (Å²) < 4.78 is 5.15. The van der Waals surface area contributed by atoms with Crippen molar-refractivity contribution in [3.8, 4) is 0 Å². The number of benzene rings is 1. The number of nitrogens with zero attached hydrogens (tertiary/aromatic N) is 2. The van der Waals surface area contributed by atoms with Gasteiger partial charge in [0, 0.05) is 18.7 Å². The first-order valence-corrected chi connectivity index (χ1v) is 6.25. The lowest BCUT2D eigenvalue weighted by Gasteiger charge is -2.12. The lowest BCUT2D eigenvalue weighted by atomic mass is 9.88. The number of carbonyl (C=O) groups is 1. The molecule has 1 aromatic rings. The monoisotopic (exact) mass is 275 g/mol. The Morgan fingerprint density at radius 1 is 1.60 bits per heavy atom. The second-order valence-corrected chi connectivity index (χ2v) is 5.11. The van der Waals surface area contributed by atoms with Gasteiger partial charge in [0.2, 0.25) is 5.78 Å². The average molecular weight is 275 g/mol. The minimum atomic E-state index is -0.774. The van der Waals surface area contributed by atoms with E-state index in [4.69, 9.17) is 4.74 Å². The molecular formula is C13H13N3O4. The van der Waals surface area contributed by atoms with Crippen LogP contribution in [-0.4, -0.2) is 35.2 Å². The summed E-state index contributed by atoms with van der Waals surface area (Å²) in [5, 5.41) is 14.9. The van der Waals surface area contributed by atoms with E-state index in [2.05, 4.69) is 10.5 Å². The van der Waals surface area contributed by atoms with Crippen molar-refractivity contribution >= 4 is 17.2 Å². The van der Waals surface area contributed by atoms with E-state index in [-0.39, 0.29) is 17.4 Å². The first kappa shape index (κ1) is 12.7. The number of ketones is 1. The number of rotatable bonds is 4. The van der Waals surface area contributed by atoms with Gasteiger partial charge in [-0.3, -0.25) is 14.9 Å². The second kappa shape index (κ2) is 4.38. The van der Waals surface area contributed by atoms with Gasteiger partial charge in [-0.1, -0.05) is 12.1 Å². The van der Waals surface area contributed by atoms with Crippen molar-refractivity contribution in [1.29, 1.82) is 0 Å². The van der Waals surface area contributed by atoms with Gasteiger partial charge in [0.1, 0.15) is 5.71 Å². The maximum absolute atomic E-state index is 12.3. The summed E-state index contributed by atoms with van der Waals surface area (Å²) >= 11 is 0. The van der Waals surface area contributed by atoms with Crippen molar-refractivity contribution < 1.29 is 14.5 Å². The number of hydrogen-bond donors (Lipinski definition) is 1. The quantitative estimate of drug-likeness (QED) is 0.502. The van der Waals surface area contributed by atoms with Gasteiger partial charge in [0.25, 0.3) is 5.69 Å². The lowest BCUT2D eigenvalue weighted by molar-refractivity contribution is -0.384. The van der Waals surface area contributed by atoms with Crippen molar-refractivity contribution in [2.45, 2.75) is 18.4 Å². The van der Waals surface area contributed by atoms with E-state index in [1.165, 1.54) is 12.1 Å². The zero-order valence-corrected chi connectivity index (χ0v) is 10.8. The molecule has 2 aliphatic rings. The van der Waals surface area contributed by atoms with Crippen molar-refractivity contribution in [3.63, 3.8) is 0 Å². The SMILES string of the molecule is C[C@@]1(C(=O)C2=NNC[C@@H]2c2cccc([N+](=O)[O-])c2)CO1. The van der Waals surface area contributed by atoms with Crippen LogP contribution in [0.1, 0.15) is 18.4 Å². The first-order valence-electron chi connectivity index (χ1n) is 6.25. The van der Waals surface area contributed by atoms with Gasteiger partial charge in [-0.15, -0.1) is 0 Å². The normalized spacial score (nSPS) is 27.6. The van der Waals surface area contributed by atoms with Crippen LogP contribution in [0.3, 0.4) is 0 Å². The van der Waals surface area contributed by atoms with Gasteiger partial charge in [-0.05, 0) is 12.5 Å². The largest absolute Gasteiger partial charge is 0.361 e. The first-order chi connectivity index (χ1) is 9.51. The van der Waals surface area contributed by atoms with Crippen LogP contribution >= 0.6 is 0 Å². The van der Waals surface area contributed by atoms with Crippen LogP contribution < -0.4 is 5.43 Å². The van der Waals surface area contributed by atoms with Crippen molar-refractivity contribution in [1.82, 2.24) is 5.43 Å². The highest BCUT2D eigenvalue weighted by Gasteiger charge is 2.51. The molecule has 0 saturated carbocycles. The molecule has 0 bridgehead atoms. The molecule has 7 nitrogen and oxygen atoms in total. The minimum Gasteiger partial charge on any atom is -0.361 e. The number of non-ortho nitro benzene ring substituents is 1. The highest BCUT2D eigenvalue weighted by Crippen LogP contribution is 2.32. The summed E-state index contributed by atoms with van der Waals surface area (Å²) in [6, 6.07) is 6.29. The molecule has 0 spiro atoms. The average Bonchev–Trinajstić information content (AvgIpc) is 3.02. The van der Waals surface area contributed by atoms with Crippen LogP contribution in [0.2, 0.25) is 0 Å². The second-order valence-electron chi connectivity index (χ2n) is 5.11. The molecule has 1 fully saturated rings. The van der Waals surface area contributed by atoms with Crippen LogP contribution in [0, 0.1) is 10.1 Å². The molecule has 7 heteroatoms. The van der Waals surface area contributed by atoms with Gasteiger partial charge in [0.15, 0.2) is 5.60 Å². The zero-order chi connectivity index (χ0) is 14.3. The lowest BCUT2D eigenvalue weighted by Crippen LogP contribution is -2.32. The van der Waals surface area contributed by atoms with E-state index < -0.39 is 10.5 Å². The Morgan fingerprint density at radius 3 is 3.00 bits per heavy atom. The zero-order valence-electron chi connectivity index (χ0n) is 10.8. The smallest absolute Gasteiger partial charge is 0.269 e. The summed E-state index contributed by atoms with van der Waals surface area (Å²) in [7, 11) is 0. The molecule has 0 radical (unpaired) electrons. The number of Topliss-reactive ketones (excluding diaryl/α,β-unsaturated/α-hetero) is 1. The Kier molecular flexibility index (Phi) is 2.79. The van der Waals surface area contributed by atoms with Crippen LogP contribution in [-0.2, 0) is 9.53 Å². The number of nitrogens with one attached hydrogen (secondary N) is 1. The number of nitro benzene ring substituents is 1. The number of hydrazone groups is 1. The number of nitro groups is 1. The molecule has 0 unspecified atom stereocenters. The Morgan fingerprint density at radius 2 is 2.35 bits per heavy atom. The minimum absolute atomic E-state index is 0.00934. The van der Waals surface area contributed by atoms with E-state index >= 15 is 0 Å². The predicted molar refractivity (Wildman–Crippen MR) is 70.6 cm³/mol. The molecule has 2 atom stereocenters. The van der Waals surface area contributed by atoms with E-state index in [0.29, 0.717) is 24.4 Å². The van der Waals surface area contributed by atoms with Crippen LogP contribution in [0.25, 0.3) is 0 Å². The Balaban J connectivity index is 1.90. The number of ether oxygens (including phenoxy) is 1. The maximum Gasteiger partial charge on any atom is 0.269 e. The fourth-order valence-electron chi connectivity index (χ4n) is 2.25. The number of carbonyl (C=O) groups excluding carboxylic acids is 1. The third-order valence-corrected chi connectivity index (χ3v) is 3.60. The van der Waals surface area contributed by atoms with E-state index in [1.54, 1.807) is 19.1 Å². The third kappa shape index (κ3) is 2.05. The van der Waals surface area contributed by atoms with Gasteiger partial charge in [-0.2, -0.15) is 5.10 Å². The Labute approximate surface area is 114 Å². The van der Waals surface area contributed by atoms with Gasteiger partial charge in [-0.25, -0.2) is 0 Å². The molecule has 2 heterocycles. The molecule has 2 aliphatic heterocycles. The van der Waals surface area contributed by atoms with Crippen LogP contribution in [0.5, 0.6) is 0 Å². The van der Waals surface area contributed by atoms with Crippen molar-refractivity contribution in [2.75, 3.05) is 13.2 Å². The fraction of sp³-hybridized carbons (Fsp3) is 0.385. The summed E-state index contributed by atoms with van der Waals surface area (Å²) in [4.78, 5) is 22.7. The summed E-state index contributed by atoms with van der Waals surface area (Å²) in [6.45, 7) is 2.57. The molecule has 3 rings (SSSR count). The Hall–Kier alpha value is -2.28. The highest BCUT2D eigenvalue weighted by atomic mass is 16.6. The summed E-state index contributed by atoms with van der Waals surface area (Å²) in [5.41, 5.74) is 3.12. The van der Waals surface area contributed by atoms with Crippen molar-refractivity contribution in [3.05, 3.63) is 39.9 Å². The van der Waals surface area contributed by atoms with E-state index in [1.807, 2.05) is 0 Å². The van der Waals surface area contributed by atoms with E-state index in [9.17, 15) is 14.9 Å². The molecule has 1 aromatic carbocycles. The Bertz CT molecular complexity index is 622. The van der Waals surface area contributed by atoms with Gasteiger partial charge >= 0.3 is 0 Å². The predicted octanol–water partition coefficient (Wildman–Crippen LogP) is 0.996. The number of epoxide rings is 1. The molecule has 0 aromatic heterocycles. The summed E-state index contributed by atoms with van der Waals surface area (Å²) in [5.74, 6) is -0.428. The van der Waals surface area contributed by atoms with Gasteiger partial charge < -0.3 is 10.2 Å². The van der Waals surface area contributed by atoms with Crippen LogP contribution in [0.15, 0.2) is 29.4 Å². The standard InChI is InChI=1S/C13H13N3O4/c1-13(7-20-13)12(17)11-10(6-14-15-11)8-3-2-4-9(5-8)16(18)19/h2-5,10,14H,6-7H2,1H3/t10-,13+/m1/s1. The summed E-state index contributed by atoms with van der Waals surface area (Å²) in [6.07, 6.45) is 0. The topological polar surface area (TPSA) is 97.1 Å². The molecule has 104 valence electrons. The molecule has 1 N–H and O–H groups in total. The molecule has 20 heavy (non-hydrogen) atoms. The number of hydrogen-bond acceptors (Lipinski definition) is 6. The molecule has 0 aliphatic carbocycles. The third-order valence-electron chi connectivity index (χ3n) is 3.60. The van der Waals surface area contributed by atoms with Gasteiger partial charge in [0.05, 0.1) is 17.4 Å². The van der Waals surface area contributed by atoms with Crippen LogP contribution in [0.4, 0.5) is 5.69 Å². The highest BCUT2D eigenvalue weighted by molar-refractivity contribution is 6.45. The maximum atomic E-state index is 12.3.